The highest BCUT2D eigenvalue weighted by molar-refractivity contribution is 5.81. The zero-order chi connectivity index (χ0) is 20.9. The highest BCUT2D eigenvalue weighted by Crippen LogP contribution is 2.19. The van der Waals surface area contributed by atoms with Gasteiger partial charge in [0.2, 0.25) is 11.8 Å². The molecule has 0 aromatic heterocycles. The lowest BCUT2D eigenvalue weighted by atomic mass is 9.89. The molecule has 0 aromatic rings. The zero-order valence-electron chi connectivity index (χ0n) is 17.9. The Kier molecular flexibility index (Phi) is 12.9. The molecule has 0 bridgehead atoms. The Morgan fingerprint density at radius 3 is 2.37 bits per heavy atom. The van der Waals surface area contributed by atoms with Gasteiger partial charge in [-0.05, 0) is 37.6 Å². The monoisotopic (exact) mass is 385 g/mol. The molecule has 0 aliphatic carbocycles. The van der Waals surface area contributed by atoms with Crippen molar-refractivity contribution < 1.29 is 19.1 Å². The fourth-order valence-electron chi connectivity index (χ4n) is 2.27. The van der Waals surface area contributed by atoms with Crippen LogP contribution in [-0.4, -0.2) is 56.5 Å². The molecule has 158 valence electrons. The summed E-state index contributed by atoms with van der Waals surface area (Å²) in [5.41, 5.74) is -0.00751. The van der Waals surface area contributed by atoms with Gasteiger partial charge in [0.1, 0.15) is 6.29 Å². The maximum absolute atomic E-state index is 11.8. The van der Waals surface area contributed by atoms with E-state index in [1.54, 1.807) is 0 Å². The molecule has 0 saturated carbocycles. The van der Waals surface area contributed by atoms with Crippen molar-refractivity contribution >= 4 is 18.1 Å². The first-order valence-corrected chi connectivity index (χ1v) is 9.95. The molecule has 7 heteroatoms. The molecule has 0 rings (SSSR count). The summed E-state index contributed by atoms with van der Waals surface area (Å²) >= 11 is 0. The van der Waals surface area contributed by atoms with Crippen molar-refractivity contribution in [2.24, 2.45) is 11.3 Å². The van der Waals surface area contributed by atoms with Crippen LogP contribution in [0.3, 0.4) is 0 Å². The molecule has 2 unspecified atom stereocenters. The first-order chi connectivity index (χ1) is 12.6. The maximum atomic E-state index is 11.8. The molecule has 3 N–H and O–H groups in total. The van der Waals surface area contributed by atoms with Gasteiger partial charge in [0.15, 0.2) is 0 Å². The Labute approximate surface area is 164 Å². The first kappa shape index (κ1) is 25.5. The number of rotatable bonds is 15. The maximum Gasteiger partial charge on any atom is 0.234 e. The Balaban J connectivity index is 3.85. The second kappa shape index (κ2) is 13.7. The predicted molar refractivity (Wildman–Crippen MR) is 107 cm³/mol. The van der Waals surface area contributed by atoms with Crippen molar-refractivity contribution in [2.45, 2.75) is 73.0 Å². The van der Waals surface area contributed by atoms with E-state index in [-0.39, 0.29) is 35.8 Å². The van der Waals surface area contributed by atoms with E-state index >= 15 is 0 Å². The summed E-state index contributed by atoms with van der Waals surface area (Å²) in [7, 11) is 0. The van der Waals surface area contributed by atoms with Gasteiger partial charge in [0.05, 0.1) is 18.7 Å². The standard InChI is InChI=1S/C20H39N3O4/c1-7-18(25)22-14-20(5,6)9-11-27-16(4)8-10-21-12-19(26)23-17(13-24)15(2)3/h13,15-17,21H,7-12,14H2,1-6H3,(H,22,25)(H,23,26). The lowest BCUT2D eigenvalue weighted by Gasteiger charge is -2.25. The summed E-state index contributed by atoms with van der Waals surface area (Å²) in [6.07, 6.45) is 3.01. The molecule has 27 heavy (non-hydrogen) atoms. The molecule has 2 amide bonds. The quantitative estimate of drug-likeness (QED) is 0.294. The molecule has 2 atom stereocenters. The van der Waals surface area contributed by atoms with Crippen molar-refractivity contribution in [1.82, 2.24) is 16.0 Å². The molecule has 0 aliphatic rings. The number of carbonyl (C=O) groups excluding carboxylic acids is 3. The van der Waals surface area contributed by atoms with E-state index in [4.69, 9.17) is 4.74 Å². The van der Waals surface area contributed by atoms with Crippen LogP contribution in [0.2, 0.25) is 0 Å². The Hall–Kier alpha value is -1.47. The van der Waals surface area contributed by atoms with Gasteiger partial charge in [-0.1, -0.05) is 34.6 Å². The number of carbonyl (C=O) groups is 3. The van der Waals surface area contributed by atoms with Crippen LogP contribution in [0.1, 0.15) is 60.8 Å². The fourth-order valence-corrected chi connectivity index (χ4v) is 2.27. The summed E-state index contributed by atoms with van der Waals surface area (Å²) in [5.74, 6) is -0.0232. The van der Waals surface area contributed by atoms with E-state index in [0.717, 1.165) is 19.1 Å². The number of aldehydes is 1. The van der Waals surface area contributed by atoms with E-state index in [9.17, 15) is 14.4 Å². The van der Waals surface area contributed by atoms with E-state index in [0.29, 0.717) is 26.1 Å². The van der Waals surface area contributed by atoms with Crippen LogP contribution in [0.15, 0.2) is 0 Å². The molecule has 0 heterocycles. The SMILES string of the molecule is CCC(=O)NCC(C)(C)CCOC(C)CCNCC(=O)NC(C=O)C(C)C. The molecule has 0 spiro atoms. The Morgan fingerprint density at radius 1 is 1.15 bits per heavy atom. The molecule has 0 fully saturated rings. The van der Waals surface area contributed by atoms with Crippen LogP contribution < -0.4 is 16.0 Å². The average Bonchev–Trinajstić information content (AvgIpc) is 2.60. The van der Waals surface area contributed by atoms with Gasteiger partial charge in [-0.2, -0.15) is 0 Å². The summed E-state index contributed by atoms with van der Waals surface area (Å²) in [5, 5.41) is 8.70. The molecule has 0 saturated heterocycles. The van der Waals surface area contributed by atoms with Gasteiger partial charge in [-0.25, -0.2) is 0 Å². The highest BCUT2D eigenvalue weighted by atomic mass is 16.5. The van der Waals surface area contributed by atoms with E-state index in [2.05, 4.69) is 29.8 Å². The van der Waals surface area contributed by atoms with Crippen LogP contribution in [-0.2, 0) is 19.1 Å². The van der Waals surface area contributed by atoms with Crippen molar-refractivity contribution in [3.05, 3.63) is 0 Å². The molecular formula is C20H39N3O4. The summed E-state index contributed by atoms with van der Waals surface area (Å²) in [6.45, 7) is 14.0. The first-order valence-electron chi connectivity index (χ1n) is 9.95. The topological polar surface area (TPSA) is 96.5 Å². The predicted octanol–water partition coefficient (Wildman–Crippen LogP) is 1.65. The third kappa shape index (κ3) is 13.4. The van der Waals surface area contributed by atoms with Crippen LogP contribution in [0.4, 0.5) is 0 Å². The van der Waals surface area contributed by atoms with Gasteiger partial charge >= 0.3 is 0 Å². The van der Waals surface area contributed by atoms with Gasteiger partial charge in [0, 0.05) is 19.6 Å². The largest absolute Gasteiger partial charge is 0.378 e. The third-order valence-corrected chi connectivity index (χ3v) is 4.47. The van der Waals surface area contributed by atoms with Gasteiger partial charge in [0.25, 0.3) is 0 Å². The number of ether oxygens (including phenoxy) is 1. The second-order valence-corrected chi connectivity index (χ2v) is 8.16. The number of hydrogen-bond donors (Lipinski definition) is 3. The zero-order valence-corrected chi connectivity index (χ0v) is 17.9. The second-order valence-electron chi connectivity index (χ2n) is 8.16. The average molecular weight is 386 g/mol. The Morgan fingerprint density at radius 2 is 1.81 bits per heavy atom. The summed E-state index contributed by atoms with van der Waals surface area (Å²) < 4.78 is 5.83. The minimum absolute atomic E-state index is 0.00751. The van der Waals surface area contributed by atoms with Crippen LogP contribution in [0.25, 0.3) is 0 Å². The Bertz CT molecular complexity index is 453. The summed E-state index contributed by atoms with van der Waals surface area (Å²) in [4.78, 5) is 34.0. The van der Waals surface area contributed by atoms with Crippen LogP contribution in [0, 0.1) is 11.3 Å². The summed E-state index contributed by atoms with van der Waals surface area (Å²) in [6, 6.07) is -0.438. The minimum atomic E-state index is -0.438. The van der Waals surface area contributed by atoms with Crippen molar-refractivity contribution in [2.75, 3.05) is 26.2 Å². The normalized spacial score (nSPS) is 13.9. The molecule has 7 nitrogen and oxygen atoms in total. The van der Waals surface area contributed by atoms with Crippen molar-refractivity contribution in [3.63, 3.8) is 0 Å². The fraction of sp³-hybridized carbons (Fsp3) is 0.850. The van der Waals surface area contributed by atoms with Crippen molar-refractivity contribution in [3.8, 4) is 0 Å². The van der Waals surface area contributed by atoms with E-state index in [1.807, 2.05) is 27.7 Å². The minimum Gasteiger partial charge on any atom is -0.378 e. The lowest BCUT2D eigenvalue weighted by Crippen LogP contribution is -2.44. The van der Waals surface area contributed by atoms with Gasteiger partial charge in [-0.15, -0.1) is 0 Å². The number of amides is 2. The lowest BCUT2D eigenvalue weighted by molar-refractivity contribution is -0.124. The molecule has 0 aromatic carbocycles. The van der Waals surface area contributed by atoms with Crippen molar-refractivity contribution in [1.29, 1.82) is 0 Å². The number of hydrogen-bond acceptors (Lipinski definition) is 5. The third-order valence-electron chi connectivity index (χ3n) is 4.47. The van der Waals surface area contributed by atoms with Gasteiger partial charge in [-0.3, -0.25) is 9.59 Å². The molecule has 0 radical (unpaired) electrons. The smallest absolute Gasteiger partial charge is 0.234 e. The van der Waals surface area contributed by atoms with Gasteiger partial charge < -0.3 is 25.5 Å². The van der Waals surface area contributed by atoms with Crippen LogP contribution in [0.5, 0.6) is 0 Å². The van der Waals surface area contributed by atoms with E-state index in [1.165, 1.54) is 0 Å². The molecular weight excluding hydrogens is 346 g/mol. The van der Waals surface area contributed by atoms with E-state index < -0.39 is 6.04 Å². The molecule has 0 aliphatic heterocycles. The number of nitrogens with one attached hydrogen (secondary N) is 3. The highest BCUT2D eigenvalue weighted by Gasteiger charge is 2.19. The van der Waals surface area contributed by atoms with Crippen LogP contribution >= 0.6 is 0 Å².